The highest BCUT2D eigenvalue weighted by atomic mass is 127. The molecule has 0 spiro atoms. The SMILES string of the molecule is Cc1cccc(O)c1N=Cc1cc(I)cc(I)c1O. The molecule has 0 aliphatic rings. The van der Waals surface area contributed by atoms with Crippen molar-refractivity contribution in [3.63, 3.8) is 0 Å². The molecule has 2 aromatic rings. The smallest absolute Gasteiger partial charge is 0.141 e. The van der Waals surface area contributed by atoms with E-state index < -0.39 is 0 Å². The second-order valence-corrected chi connectivity index (χ2v) is 6.43. The summed E-state index contributed by atoms with van der Waals surface area (Å²) < 4.78 is 1.80. The van der Waals surface area contributed by atoms with Crippen molar-refractivity contribution in [1.29, 1.82) is 0 Å². The Kier molecular flexibility index (Phi) is 4.67. The standard InChI is InChI=1S/C14H11I2NO2/c1-8-3-2-4-12(18)13(8)17-7-9-5-10(15)6-11(16)14(9)19/h2-7,18-19H,1H3. The number of benzene rings is 2. The summed E-state index contributed by atoms with van der Waals surface area (Å²) in [6, 6.07) is 8.98. The Morgan fingerprint density at radius 2 is 1.89 bits per heavy atom. The van der Waals surface area contributed by atoms with Gasteiger partial charge < -0.3 is 10.2 Å². The third kappa shape index (κ3) is 3.38. The highest BCUT2D eigenvalue weighted by molar-refractivity contribution is 14.1. The lowest BCUT2D eigenvalue weighted by Gasteiger charge is -2.05. The number of hydrogen-bond acceptors (Lipinski definition) is 3. The number of hydrogen-bond donors (Lipinski definition) is 2. The molecule has 0 saturated carbocycles. The Bertz CT molecular complexity index is 634. The van der Waals surface area contributed by atoms with Crippen LogP contribution in [0.3, 0.4) is 0 Å². The van der Waals surface area contributed by atoms with Crippen LogP contribution in [0, 0.1) is 14.1 Å². The monoisotopic (exact) mass is 479 g/mol. The van der Waals surface area contributed by atoms with Gasteiger partial charge in [0.1, 0.15) is 17.2 Å². The maximum absolute atomic E-state index is 9.97. The Balaban J connectivity index is 2.44. The second-order valence-electron chi connectivity index (χ2n) is 4.03. The van der Waals surface area contributed by atoms with E-state index in [1.807, 2.05) is 25.1 Å². The van der Waals surface area contributed by atoms with E-state index in [1.54, 1.807) is 18.3 Å². The molecule has 98 valence electrons. The molecule has 0 radical (unpaired) electrons. The van der Waals surface area contributed by atoms with Gasteiger partial charge in [0, 0.05) is 15.3 Å². The van der Waals surface area contributed by atoms with Crippen LogP contribution in [0.5, 0.6) is 11.5 Å². The molecule has 0 aliphatic heterocycles. The molecule has 5 heteroatoms. The third-order valence-corrected chi connectivity index (χ3v) is 4.05. The number of aliphatic imine (C=N–C) groups is 1. The predicted octanol–water partition coefficient (Wildman–Crippen LogP) is 4.37. The van der Waals surface area contributed by atoms with E-state index >= 15 is 0 Å². The van der Waals surface area contributed by atoms with Crippen molar-refractivity contribution in [2.75, 3.05) is 0 Å². The molecule has 2 aromatic carbocycles. The van der Waals surface area contributed by atoms with Crippen LogP contribution in [0.15, 0.2) is 35.3 Å². The van der Waals surface area contributed by atoms with E-state index in [-0.39, 0.29) is 11.5 Å². The van der Waals surface area contributed by atoms with Crippen molar-refractivity contribution in [3.8, 4) is 11.5 Å². The fourth-order valence-electron chi connectivity index (χ4n) is 1.63. The number of halogens is 2. The quantitative estimate of drug-likeness (QED) is 0.497. The number of aromatic hydroxyl groups is 2. The Labute approximate surface area is 138 Å². The van der Waals surface area contributed by atoms with Crippen molar-refractivity contribution in [2.45, 2.75) is 6.92 Å². The van der Waals surface area contributed by atoms with Crippen LogP contribution in [-0.2, 0) is 0 Å². The zero-order valence-corrected chi connectivity index (χ0v) is 14.4. The molecule has 0 aliphatic carbocycles. The van der Waals surface area contributed by atoms with Gasteiger partial charge in [-0.3, -0.25) is 4.99 Å². The number of para-hydroxylation sites is 1. The molecule has 2 rings (SSSR count). The topological polar surface area (TPSA) is 52.8 Å². The van der Waals surface area contributed by atoms with Crippen LogP contribution in [0.1, 0.15) is 11.1 Å². The summed E-state index contributed by atoms with van der Waals surface area (Å²) in [5.74, 6) is 0.342. The highest BCUT2D eigenvalue weighted by Crippen LogP contribution is 2.31. The van der Waals surface area contributed by atoms with Gasteiger partial charge in [0.15, 0.2) is 0 Å². The first-order valence-electron chi connectivity index (χ1n) is 5.49. The molecule has 0 saturated heterocycles. The zero-order chi connectivity index (χ0) is 14.0. The summed E-state index contributed by atoms with van der Waals surface area (Å²) in [7, 11) is 0. The summed E-state index contributed by atoms with van der Waals surface area (Å²) in [4.78, 5) is 4.28. The highest BCUT2D eigenvalue weighted by Gasteiger charge is 2.06. The minimum atomic E-state index is 0.135. The van der Waals surface area contributed by atoms with E-state index in [0.717, 1.165) is 12.7 Å². The summed E-state index contributed by atoms with van der Waals surface area (Å²) >= 11 is 4.27. The molecule has 2 N–H and O–H groups in total. The van der Waals surface area contributed by atoms with Crippen LogP contribution in [-0.4, -0.2) is 16.4 Å². The predicted molar refractivity (Wildman–Crippen MR) is 93.6 cm³/mol. The third-order valence-electron chi connectivity index (χ3n) is 2.61. The van der Waals surface area contributed by atoms with Gasteiger partial charge >= 0.3 is 0 Å². The van der Waals surface area contributed by atoms with Gasteiger partial charge in [0.25, 0.3) is 0 Å². The Hall–Kier alpha value is -0.830. The molecule has 0 amide bonds. The molecule has 0 fully saturated rings. The lowest BCUT2D eigenvalue weighted by atomic mass is 10.2. The summed E-state index contributed by atoms with van der Waals surface area (Å²) in [5.41, 5.74) is 2.05. The molecule has 0 bridgehead atoms. The van der Waals surface area contributed by atoms with Crippen LogP contribution >= 0.6 is 45.2 Å². The van der Waals surface area contributed by atoms with Crippen molar-refractivity contribution in [1.82, 2.24) is 0 Å². The summed E-state index contributed by atoms with van der Waals surface area (Å²) in [6.45, 7) is 1.88. The largest absolute Gasteiger partial charge is 0.506 e. The molecule has 0 heterocycles. The van der Waals surface area contributed by atoms with Gasteiger partial charge in [-0.25, -0.2) is 0 Å². The molecule has 0 unspecified atom stereocenters. The van der Waals surface area contributed by atoms with Gasteiger partial charge in [0.05, 0.1) is 3.57 Å². The number of rotatable bonds is 2. The number of phenolic OH excluding ortho intramolecular Hbond substituents is 2. The van der Waals surface area contributed by atoms with Crippen molar-refractivity contribution in [2.24, 2.45) is 4.99 Å². The number of nitrogens with zero attached hydrogens (tertiary/aromatic N) is 1. The minimum absolute atomic E-state index is 0.135. The molecular formula is C14H11I2NO2. The number of phenols is 2. The van der Waals surface area contributed by atoms with Crippen LogP contribution in [0.25, 0.3) is 0 Å². The molecule has 3 nitrogen and oxygen atoms in total. The zero-order valence-electron chi connectivity index (χ0n) is 10.1. The Morgan fingerprint density at radius 1 is 1.16 bits per heavy atom. The normalized spacial score (nSPS) is 11.1. The van der Waals surface area contributed by atoms with Gasteiger partial charge in [-0.05, 0) is 75.9 Å². The lowest BCUT2D eigenvalue weighted by molar-refractivity contribution is 0.470. The van der Waals surface area contributed by atoms with Crippen LogP contribution in [0.2, 0.25) is 0 Å². The van der Waals surface area contributed by atoms with Crippen molar-refractivity contribution >= 4 is 57.1 Å². The second kappa shape index (κ2) is 6.08. The van der Waals surface area contributed by atoms with Crippen molar-refractivity contribution in [3.05, 3.63) is 48.6 Å². The summed E-state index contributed by atoms with van der Waals surface area (Å²) in [5, 5.41) is 19.7. The average Bonchev–Trinajstić information content (AvgIpc) is 2.34. The molecule has 19 heavy (non-hydrogen) atoms. The van der Waals surface area contributed by atoms with Crippen LogP contribution in [0.4, 0.5) is 5.69 Å². The first-order valence-corrected chi connectivity index (χ1v) is 7.65. The average molecular weight is 479 g/mol. The van der Waals surface area contributed by atoms with Crippen molar-refractivity contribution < 1.29 is 10.2 Å². The van der Waals surface area contributed by atoms with Gasteiger partial charge in [-0.1, -0.05) is 12.1 Å². The minimum Gasteiger partial charge on any atom is -0.506 e. The van der Waals surface area contributed by atoms with Gasteiger partial charge in [-0.15, -0.1) is 0 Å². The molecule has 0 atom stereocenters. The Morgan fingerprint density at radius 3 is 2.58 bits per heavy atom. The molecule has 0 aromatic heterocycles. The molecular weight excluding hydrogens is 468 g/mol. The van der Waals surface area contributed by atoms with E-state index in [9.17, 15) is 10.2 Å². The van der Waals surface area contributed by atoms with Gasteiger partial charge in [-0.2, -0.15) is 0 Å². The fraction of sp³-hybridized carbons (Fsp3) is 0.0714. The van der Waals surface area contributed by atoms with E-state index in [4.69, 9.17) is 0 Å². The number of aryl methyl sites for hydroxylation is 1. The maximum atomic E-state index is 9.97. The first-order chi connectivity index (χ1) is 8.99. The van der Waals surface area contributed by atoms with E-state index in [0.29, 0.717) is 11.3 Å². The van der Waals surface area contributed by atoms with Gasteiger partial charge in [0.2, 0.25) is 0 Å². The van der Waals surface area contributed by atoms with E-state index in [2.05, 4.69) is 50.2 Å². The maximum Gasteiger partial charge on any atom is 0.141 e. The van der Waals surface area contributed by atoms with Crippen LogP contribution < -0.4 is 0 Å². The first kappa shape index (κ1) is 14.6. The fourth-order valence-corrected chi connectivity index (χ4v) is 3.52. The van der Waals surface area contributed by atoms with E-state index in [1.165, 1.54) is 0 Å². The summed E-state index contributed by atoms with van der Waals surface area (Å²) in [6.07, 6.45) is 1.57. The lowest BCUT2D eigenvalue weighted by Crippen LogP contribution is -1.88.